The third-order valence-electron chi connectivity index (χ3n) is 3.01. The van der Waals surface area contributed by atoms with Crippen LogP contribution in [0.2, 0.25) is 0 Å². The average Bonchev–Trinajstić information content (AvgIpc) is 2.98. The second kappa shape index (κ2) is 4.34. The van der Waals surface area contributed by atoms with Gasteiger partial charge in [0.25, 0.3) is 0 Å². The van der Waals surface area contributed by atoms with E-state index in [2.05, 4.69) is 0 Å². The zero-order valence-corrected chi connectivity index (χ0v) is 9.37. The van der Waals surface area contributed by atoms with E-state index in [0.29, 0.717) is 17.9 Å². The molecule has 1 aliphatic carbocycles. The van der Waals surface area contributed by atoms with Crippen molar-refractivity contribution in [2.75, 3.05) is 0 Å². The molecule has 1 aromatic rings. The molecule has 0 aromatic heterocycles. The van der Waals surface area contributed by atoms with Crippen molar-refractivity contribution in [2.24, 2.45) is 11.7 Å². The monoisotopic (exact) mass is 221 g/mol. The van der Waals surface area contributed by atoms with Gasteiger partial charge >= 0.3 is 0 Å². The summed E-state index contributed by atoms with van der Waals surface area (Å²) < 4.78 is 13.1. The summed E-state index contributed by atoms with van der Waals surface area (Å²) in [5.41, 5.74) is 7.08. The fourth-order valence-corrected chi connectivity index (χ4v) is 1.92. The first kappa shape index (κ1) is 11.3. The van der Waals surface area contributed by atoms with Crippen molar-refractivity contribution in [3.8, 4) is 0 Å². The Kier molecular flexibility index (Phi) is 3.06. The highest BCUT2D eigenvalue weighted by Gasteiger charge is 2.30. The molecule has 0 saturated heterocycles. The summed E-state index contributed by atoms with van der Waals surface area (Å²) in [6, 6.07) is 4.36. The molecule has 86 valence electrons. The lowest BCUT2D eigenvalue weighted by molar-refractivity contribution is 0.0971. The van der Waals surface area contributed by atoms with Gasteiger partial charge in [0.2, 0.25) is 0 Å². The quantitative estimate of drug-likeness (QED) is 0.793. The maximum Gasteiger partial charge on any atom is 0.164 e. The number of Topliss-reactive ketones (excluding diaryl/α,β-unsaturated/α-hetero) is 1. The van der Waals surface area contributed by atoms with Gasteiger partial charge in [-0.15, -0.1) is 0 Å². The Balaban J connectivity index is 2.07. The first-order valence-electron chi connectivity index (χ1n) is 5.62. The Morgan fingerprint density at radius 3 is 2.75 bits per heavy atom. The summed E-state index contributed by atoms with van der Waals surface area (Å²) in [4.78, 5) is 11.8. The first-order chi connectivity index (χ1) is 7.56. The molecular formula is C13H16FNO. The molecule has 2 N–H and O–H groups in total. The van der Waals surface area contributed by atoms with E-state index in [-0.39, 0.29) is 17.6 Å². The molecule has 1 aromatic carbocycles. The van der Waals surface area contributed by atoms with Crippen molar-refractivity contribution in [3.63, 3.8) is 0 Å². The zero-order valence-electron chi connectivity index (χ0n) is 9.37. The van der Waals surface area contributed by atoms with Gasteiger partial charge in [0.1, 0.15) is 5.82 Å². The predicted octanol–water partition coefficient (Wildman–Crippen LogP) is 2.44. The van der Waals surface area contributed by atoms with E-state index in [1.165, 1.54) is 12.1 Å². The zero-order chi connectivity index (χ0) is 11.7. The number of rotatable bonds is 4. The lowest BCUT2D eigenvalue weighted by Crippen LogP contribution is -2.26. The van der Waals surface area contributed by atoms with Gasteiger partial charge in [0, 0.05) is 18.0 Å². The Morgan fingerprint density at radius 2 is 2.19 bits per heavy atom. The predicted molar refractivity (Wildman–Crippen MR) is 60.8 cm³/mol. The minimum Gasteiger partial charge on any atom is -0.327 e. The minimum atomic E-state index is -0.358. The topological polar surface area (TPSA) is 43.1 Å². The van der Waals surface area contributed by atoms with Crippen molar-refractivity contribution in [1.29, 1.82) is 0 Å². The average molecular weight is 221 g/mol. The third-order valence-corrected chi connectivity index (χ3v) is 3.01. The lowest BCUT2D eigenvalue weighted by Gasteiger charge is -2.09. The fourth-order valence-electron chi connectivity index (χ4n) is 1.92. The van der Waals surface area contributed by atoms with Crippen LogP contribution in [0, 0.1) is 18.7 Å². The fraction of sp³-hybridized carbons (Fsp3) is 0.462. The Hall–Kier alpha value is -1.22. The Morgan fingerprint density at radius 1 is 1.50 bits per heavy atom. The lowest BCUT2D eigenvalue weighted by atomic mass is 10.00. The van der Waals surface area contributed by atoms with E-state index in [0.717, 1.165) is 18.4 Å². The number of hydrogen-bond donors (Lipinski definition) is 1. The number of carbonyl (C=O) groups is 1. The molecule has 16 heavy (non-hydrogen) atoms. The number of ketones is 1. The van der Waals surface area contributed by atoms with E-state index < -0.39 is 0 Å². The molecule has 1 aliphatic rings. The maximum absolute atomic E-state index is 13.1. The molecule has 2 rings (SSSR count). The summed E-state index contributed by atoms with van der Waals surface area (Å²) >= 11 is 0. The highest BCUT2D eigenvalue weighted by Crippen LogP contribution is 2.33. The van der Waals surface area contributed by atoms with Crippen LogP contribution in [-0.4, -0.2) is 11.8 Å². The number of hydrogen-bond acceptors (Lipinski definition) is 2. The molecular weight excluding hydrogens is 205 g/mol. The van der Waals surface area contributed by atoms with Gasteiger partial charge in [-0.05, 0) is 49.4 Å². The molecule has 0 radical (unpaired) electrons. The molecule has 0 heterocycles. The summed E-state index contributed by atoms with van der Waals surface area (Å²) in [5, 5.41) is 0. The van der Waals surface area contributed by atoms with Crippen molar-refractivity contribution in [2.45, 2.75) is 32.2 Å². The largest absolute Gasteiger partial charge is 0.327 e. The van der Waals surface area contributed by atoms with Gasteiger partial charge in [-0.3, -0.25) is 4.79 Å². The Bertz CT molecular complexity index is 392. The van der Waals surface area contributed by atoms with E-state index in [9.17, 15) is 9.18 Å². The molecule has 0 amide bonds. The number of benzene rings is 1. The molecule has 1 atom stereocenters. The molecule has 1 saturated carbocycles. The van der Waals surface area contributed by atoms with Gasteiger partial charge in [-0.25, -0.2) is 4.39 Å². The van der Waals surface area contributed by atoms with Gasteiger partial charge < -0.3 is 5.73 Å². The maximum atomic E-state index is 13.1. The second-order valence-electron chi connectivity index (χ2n) is 4.65. The smallest absolute Gasteiger partial charge is 0.164 e. The molecule has 1 unspecified atom stereocenters. The van der Waals surface area contributed by atoms with Crippen molar-refractivity contribution >= 4 is 5.78 Å². The molecule has 0 spiro atoms. The highest BCUT2D eigenvalue weighted by atomic mass is 19.1. The van der Waals surface area contributed by atoms with Crippen LogP contribution in [0.1, 0.15) is 35.2 Å². The number of carbonyl (C=O) groups excluding carboxylic acids is 1. The van der Waals surface area contributed by atoms with Crippen LogP contribution in [0.15, 0.2) is 18.2 Å². The minimum absolute atomic E-state index is 0.0537. The molecule has 3 heteroatoms. The number of aryl methyl sites for hydroxylation is 1. The number of nitrogens with two attached hydrogens (primary N) is 1. The highest BCUT2D eigenvalue weighted by molar-refractivity contribution is 5.96. The molecule has 0 aliphatic heterocycles. The van der Waals surface area contributed by atoms with E-state index in [4.69, 9.17) is 5.73 Å². The van der Waals surface area contributed by atoms with Crippen LogP contribution in [0.5, 0.6) is 0 Å². The third kappa shape index (κ3) is 2.67. The number of halogens is 1. The summed E-state index contributed by atoms with van der Waals surface area (Å²) in [7, 11) is 0. The van der Waals surface area contributed by atoms with Crippen LogP contribution >= 0.6 is 0 Å². The van der Waals surface area contributed by atoms with Gasteiger partial charge in [0.15, 0.2) is 5.78 Å². The van der Waals surface area contributed by atoms with Gasteiger partial charge in [-0.2, -0.15) is 0 Å². The summed E-state index contributed by atoms with van der Waals surface area (Å²) in [6.45, 7) is 1.78. The van der Waals surface area contributed by atoms with Crippen molar-refractivity contribution in [3.05, 3.63) is 35.1 Å². The normalized spacial score (nSPS) is 17.2. The molecule has 0 bridgehead atoms. The van der Waals surface area contributed by atoms with Crippen LogP contribution in [0.4, 0.5) is 4.39 Å². The van der Waals surface area contributed by atoms with Crippen molar-refractivity contribution < 1.29 is 9.18 Å². The summed E-state index contributed by atoms with van der Waals surface area (Å²) in [5.74, 6) is 0.0870. The summed E-state index contributed by atoms with van der Waals surface area (Å²) in [6.07, 6.45) is 2.57. The van der Waals surface area contributed by atoms with Crippen LogP contribution in [0.25, 0.3) is 0 Å². The van der Waals surface area contributed by atoms with Crippen molar-refractivity contribution in [1.82, 2.24) is 0 Å². The van der Waals surface area contributed by atoms with Crippen LogP contribution in [0.3, 0.4) is 0 Å². The Labute approximate surface area is 94.6 Å². The van der Waals surface area contributed by atoms with Gasteiger partial charge in [0.05, 0.1) is 0 Å². The SMILES string of the molecule is Cc1cc(F)cc(C(=O)CC(N)C2CC2)c1. The van der Waals surface area contributed by atoms with E-state index in [1.807, 2.05) is 0 Å². The molecule has 2 nitrogen and oxygen atoms in total. The standard InChI is InChI=1S/C13H16FNO/c1-8-4-10(6-11(14)5-8)13(16)7-12(15)9-2-3-9/h4-6,9,12H,2-3,7,15H2,1H3. The van der Waals surface area contributed by atoms with Crippen LogP contribution in [-0.2, 0) is 0 Å². The molecule has 1 fully saturated rings. The first-order valence-corrected chi connectivity index (χ1v) is 5.62. The van der Waals surface area contributed by atoms with E-state index in [1.54, 1.807) is 13.0 Å². The second-order valence-corrected chi connectivity index (χ2v) is 4.65. The van der Waals surface area contributed by atoms with Crippen LogP contribution < -0.4 is 5.73 Å². The van der Waals surface area contributed by atoms with E-state index >= 15 is 0 Å². The van der Waals surface area contributed by atoms with Gasteiger partial charge in [-0.1, -0.05) is 0 Å².